The van der Waals surface area contributed by atoms with Gasteiger partial charge >= 0.3 is 0 Å². The lowest BCUT2D eigenvalue weighted by Gasteiger charge is -2.05. The first-order chi connectivity index (χ1) is 12.6. The molecule has 4 rings (SSSR count). The number of pyridine rings is 1. The van der Waals surface area contributed by atoms with Crippen LogP contribution < -0.4 is 5.43 Å². The second-order valence-electron chi connectivity index (χ2n) is 5.82. The van der Waals surface area contributed by atoms with Crippen LogP contribution in [0.1, 0.15) is 5.76 Å². The number of benzene rings is 1. The summed E-state index contributed by atoms with van der Waals surface area (Å²) < 4.78 is 5.65. The number of nitrogens with one attached hydrogen (secondary N) is 1. The van der Waals surface area contributed by atoms with Crippen molar-refractivity contribution in [3.8, 4) is 39.8 Å². The third-order valence-electron chi connectivity index (χ3n) is 3.96. The lowest BCUT2D eigenvalue weighted by atomic mass is 10.1. The van der Waals surface area contributed by atoms with Gasteiger partial charge in [-0.25, -0.2) is 4.98 Å². The average molecular weight is 345 g/mol. The molecule has 4 aromatic rings. The Hall–Kier alpha value is -3.67. The second-order valence-corrected chi connectivity index (χ2v) is 5.82. The number of nitrogens with zero attached hydrogens (tertiary/aromatic N) is 2. The summed E-state index contributed by atoms with van der Waals surface area (Å²) in [7, 11) is 0. The standard InChI is InChI=1S/C20H15N3O3/c1-12-10-15(24)18(25)19(26-12)17-16(13-6-3-2-4-7-13)22-20(23-17)14-8-5-9-21-11-14/h2-11,25H,1H3,(H,22,23). The van der Waals surface area contributed by atoms with E-state index in [2.05, 4.69) is 15.0 Å². The molecule has 26 heavy (non-hydrogen) atoms. The van der Waals surface area contributed by atoms with Crippen molar-refractivity contribution in [2.75, 3.05) is 0 Å². The van der Waals surface area contributed by atoms with E-state index < -0.39 is 11.2 Å². The van der Waals surface area contributed by atoms with Crippen molar-refractivity contribution in [3.63, 3.8) is 0 Å². The van der Waals surface area contributed by atoms with E-state index in [4.69, 9.17) is 4.42 Å². The molecule has 0 fully saturated rings. The van der Waals surface area contributed by atoms with Gasteiger partial charge in [0.15, 0.2) is 5.76 Å². The highest BCUT2D eigenvalue weighted by Gasteiger charge is 2.21. The number of imidazole rings is 1. The molecule has 128 valence electrons. The van der Waals surface area contributed by atoms with Gasteiger partial charge < -0.3 is 14.5 Å². The van der Waals surface area contributed by atoms with Crippen LogP contribution in [0.2, 0.25) is 0 Å². The van der Waals surface area contributed by atoms with Crippen LogP contribution in [0, 0.1) is 6.92 Å². The molecule has 6 nitrogen and oxygen atoms in total. The lowest BCUT2D eigenvalue weighted by molar-refractivity contribution is 0.429. The molecule has 0 aliphatic carbocycles. The number of aromatic hydroxyl groups is 1. The summed E-state index contributed by atoms with van der Waals surface area (Å²) in [6, 6.07) is 14.4. The topological polar surface area (TPSA) is 92.0 Å². The van der Waals surface area contributed by atoms with Crippen LogP contribution in [0.5, 0.6) is 5.75 Å². The SMILES string of the molecule is Cc1cc(=O)c(O)c(-c2[nH]c(-c3cccnc3)nc2-c2ccccc2)o1. The van der Waals surface area contributed by atoms with E-state index in [9.17, 15) is 9.90 Å². The largest absolute Gasteiger partial charge is 0.501 e. The van der Waals surface area contributed by atoms with Crippen LogP contribution in [-0.4, -0.2) is 20.1 Å². The van der Waals surface area contributed by atoms with Crippen molar-refractivity contribution in [2.24, 2.45) is 0 Å². The van der Waals surface area contributed by atoms with Gasteiger partial charge in [0.2, 0.25) is 11.2 Å². The van der Waals surface area contributed by atoms with Crippen LogP contribution in [0.15, 0.2) is 70.1 Å². The number of hydrogen-bond acceptors (Lipinski definition) is 5. The zero-order chi connectivity index (χ0) is 18.1. The van der Waals surface area contributed by atoms with Crippen molar-refractivity contribution < 1.29 is 9.52 Å². The van der Waals surface area contributed by atoms with Gasteiger partial charge in [0.1, 0.15) is 23.0 Å². The number of H-pyrrole nitrogens is 1. The van der Waals surface area contributed by atoms with E-state index >= 15 is 0 Å². The monoisotopic (exact) mass is 345 g/mol. The molecular formula is C20H15N3O3. The van der Waals surface area contributed by atoms with Gasteiger partial charge in [-0.15, -0.1) is 0 Å². The highest BCUT2D eigenvalue weighted by atomic mass is 16.4. The molecule has 3 aromatic heterocycles. The smallest absolute Gasteiger partial charge is 0.227 e. The van der Waals surface area contributed by atoms with Gasteiger partial charge in [-0.2, -0.15) is 0 Å². The highest BCUT2D eigenvalue weighted by molar-refractivity contribution is 5.81. The normalized spacial score (nSPS) is 10.8. The molecule has 0 spiro atoms. The summed E-state index contributed by atoms with van der Waals surface area (Å²) >= 11 is 0. The minimum Gasteiger partial charge on any atom is -0.501 e. The Kier molecular flexibility index (Phi) is 3.85. The zero-order valence-electron chi connectivity index (χ0n) is 13.9. The van der Waals surface area contributed by atoms with Crippen molar-refractivity contribution in [2.45, 2.75) is 6.92 Å². The zero-order valence-corrected chi connectivity index (χ0v) is 13.9. The van der Waals surface area contributed by atoms with Gasteiger partial charge in [0, 0.05) is 29.6 Å². The van der Waals surface area contributed by atoms with Gasteiger partial charge in [-0.3, -0.25) is 9.78 Å². The van der Waals surface area contributed by atoms with Gasteiger partial charge in [0.05, 0.1) is 0 Å². The Bertz CT molecular complexity index is 1120. The molecule has 0 amide bonds. The molecule has 0 atom stereocenters. The maximum absolute atomic E-state index is 12.0. The van der Waals surface area contributed by atoms with Crippen molar-refractivity contribution in [1.29, 1.82) is 0 Å². The molecule has 0 unspecified atom stereocenters. The Morgan fingerprint density at radius 3 is 2.58 bits per heavy atom. The van der Waals surface area contributed by atoms with E-state index in [1.54, 1.807) is 19.3 Å². The van der Waals surface area contributed by atoms with E-state index in [1.165, 1.54) is 6.07 Å². The fourth-order valence-electron chi connectivity index (χ4n) is 2.76. The number of aromatic nitrogens is 3. The maximum Gasteiger partial charge on any atom is 0.227 e. The number of aromatic amines is 1. The van der Waals surface area contributed by atoms with Crippen LogP contribution in [0.4, 0.5) is 0 Å². The number of hydrogen-bond donors (Lipinski definition) is 2. The Labute approximate surface area is 148 Å². The molecule has 0 saturated carbocycles. The molecule has 6 heteroatoms. The molecule has 0 aliphatic rings. The number of rotatable bonds is 3. The van der Waals surface area contributed by atoms with Crippen LogP contribution >= 0.6 is 0 Å². The van der Waals surface area contributed by atoms with E-state index in [1.807, 2.05) is 42.5 Å². The van der Waals surface area contributed by atoms with Crippen LogP contribution in [0.3, 0.4) is 0 Å². The first-order valence-electron chi connectivity index (χ1n) is 8.03. The predicted molar refractivity (Wildman–Crippen MR) is 97.6 cm³/mol. The highest BCUT2D eigenvalue weighted by Crippen LogP contribution is 2.36. The molecule has 0 radical (unpaired) electrons. The first kappa shape index (κ1) is 15.8. The third kappa shape index (κ3) is 2.77. The molecule has 3 heterocycles. The summed E-state index contributed by atoms with van der Waals surface area (Å²) in [5.41, 5.74) is 2.13. The molecule has 0 saturated heterocycles. The maximum atomic E-state index is 12.0. The van der Waals surface area contributed by atoms with Crippen molar-refractivity contribution >= 4 is 0 Å². The summed E-state index contributed by atoms with van der Waals surface area (Å²) in [5.74, 6) is 0.584. The number of aryl methyl sites for hydroxylation is 1. The fourth-order valence-corrected chi connectivity index (χ4v) is 2.76. The first-order valence-corrected chi connectivity index (χ1v) is 8.03. The third-order valence-corrected chi connectivity index (χ3v) is 3.96. The molecule has 1 aromatic carbocycles. The van der Waals surface area contributed by atoms with Crippen molar-refractivity contribution in [1.82, 2.24) is 15.0 Å². The summed E-state index contributed by atoms with van der Waals surface area (Å²) in [6.45, 7) is 1.66. The quantitative estimate of drug-likeness (QED) is 0.590. The van der Waals surface area contributed by atoms with Crippen LogP contribution in [-0.2, 0) is 0 Å². The van der Waals surface area contributed by atoms with Crippen molar-refractivity contribution in [3.05, 3.63) is 76.9 Å². The fraction of sp³-hybridized carbons (Fsp3) is 0.0500. The van der Waals surface area contributed by atoms with Gasteiger partial charge in [-0.1, -0.05) is 30.3 Å². The lowest BCUT2D eigenvalue weighted by Crippen LogP contribution is -2.01. The van der Waals surface area contributed by atoms with E-state index in [0.717, 1.165) is 11.1 Å². The molecule has 0 bridgehead atoms. The summed E-state index contributed by atoms with van der Waals surface area (Å²) in [6.07, 6.45) is 3.36. The predicted octanol–water partition coefficient (Wildman–Crippen LogP) is 3.77. The van der Waals surface area contributed by atoms with E-state index in [-0.39, 0.29) is 5.76 Å². The summed E-state index contributed by atoms with van der Waals surface area (Å²) in [4.78, 5) is 23.9. The Morgan fingerprint density at radius 1 is 1.08 bits per heavy atom. The molecule has 0 aliphatic heterocycles. The molecule has 2 N–H and O–H groups in total. The second kappa shape index (κ2) is 6.33. The van der Waals surface area contributed by atoms with Crippen LogP contribution in [0.25, 0.3) is 34.1 Å². The summed E-state index contributed by atoms with van der Waals surface area (Å²) in [5, 5.41) is 10.3. The molecular weight excluding hydrogens is 330 g/mol. The van der Waals surface area contributed by atoms with E-state index in [0.29, 0.717) is 23.0 Å². The Balaban J connectivity index is 1.99. The van der Waals surface area contributed by atoms with Gasteiger partial charge in [-0.05, 0) is 19.1 Å². The average Bonchev–Trinajstić information content (AvgIpc) is 3.11. The Morgan fingerprint density at radius 2 is 1.85 bits per heavy atom. The minimum absolute atomic E-state index is 0.0662. The van der Waals surface area contributed by atoms with Gasteiger partial charge in [0.25, 0.3) is 0 Å². The minimum atomic E-state index is -0.500.